The first-order valence-corrected chi connectivity index (χ1v) is 7.26. The maximum Gasteiger partial charge on any atom is 0.141 e. The van der Waals surface area contributed by atoms with E-state index in [1.807, 2.05) is 25.1 Å². The van der Waals surface area contributed by atoms with Gasteiger partial charge in [-0.2, -0.15) is 0 Å². The molecule has 20 heavy (non-hydrogen) atoms. The van der Waals surface area contributed by atoms with Crippen molar-refractivity contribution in [2.24, 2.45) is 5.73 Å². The minimum Gasteiger partial charge on any atom is -0.489 e. The third kappa shape index (κ3) is 3.72. The Hall–Kier alpha value is -1.10. The summed E-state index contributed by atoms with van der Waals surface area (Å²) in [6, 6.07) is 10.1. The Morgan fingerprint density at radius 3 is 2.70 bits per heavy atom. The monoisotopic (exact) mass is 357 g/mol. The Morgan fingerprint density at radius 1 is 1.30 bits per heavy atom. The van der Waals surface area contributed by atoms with Crippen molar-refractivity contribution in [3.63, 3.8) is 0 Å². The Bertz CT molecular complexity index is 619. The molecular formula is C15H14BrClFNO. The topological polar surface area (TPSA) is 35.2 Å². The molecule has 0 heterocycles. The number of rotatable bonds is 4. The summed E-state index contributed by atoms with van der Waals surface area (Å²) < 4.78 is 19.8. The second kappa shape index (κ2) is 6.57. The van der Waals surface area contributed by atoms with Crippen LogP contribution in [0, 0.1) is 5.82 Å². The van der Waals surface area contributed by atoms with Crippen LogP contribution in [0.5, 0.6) is 5.75 Å². The first kappa shape index (κ1) is 15.3. The normalized spacial score (nSPS) is 12.2. The zero-order valence-electron chi connectivity index (χ0n) is 10.9. The highest BCUT2D eigenvalue weighted by atomic mass is 79.9. The van der Waals surface area contributed by atoms with Crippen molar-refractivity contribution in [1.29, 1.82) is 0 Å². The molecule has 0 saturated carbocycles. The van der Waals surface area contributed by atoms with Gasteiger partial charge in [0, 0.05) is 16.1 Å². The summed E-state index contributed by atoms with van der Waals surface area (Å²) in [4.78, 5) is 0. The lowest BCUT2D eigenvalue weighted by atomic mass is 10.1. The van der Waals surface area contributed by atoms with E-state index >= 15 is 0 Å². The van der Waals surface area contributed by atoms with Crippen LogP contribution in [0.4, 0.5) is 4.39 Å². The molecule has 106 valence electrons. The summed E-state index contributed by atoms with van der Waals surface area (Å²) in [7, 11) is 0. The van der Waals surface area contributed by atoms with Crippen LogP contribution in [0.2, 0.25) is 5.02 Å². The second-order valence-corrected chi connectivity index (χ2v) is 5.83. The Balaban J connectivity index is 2.17. The highest BCUT2D eigenvalue weighted by Crippen LogP contribution is 2.28. The predicted octanol–water partition coefficient (Wildman–Crippen LogP) is 4.84. The minimum atomic E-state index is -0.436. The fraction of sp³-hybridized carbons (Fsp3) is 0.200. The summed E-state index contributed by atoms with van der Waals surface area (Å²) in [5, 5.41) is 0.0905. The van der Waals surface area contributed by atoms with E-state index in [0.717, 1.165) is 15.6 Å². The molecule has 2 nitrogen and oxygen atoms in total. The average Bonchev–Trinajstić information content (AvgIpc) is 2.40. The van der Waals surface area contributed by atoms with Crippen molar-refractivity contribution in [2.45, 2.75) is 19.6 Å². The first-order valence-electron chi connectivity index (χ1n) is 6.09. The number of nitrogens with two attached hydrogens (primary N) is 1. The van der Waals surface area contributed by atoms with Crippen LogP contribution < -0.4 is 10.5 Å². The lowest BCUT2D eigenvalue weighted by Gasteiger charge is -2.14. The second-order valence-electron chi connectivity index (χ2n) is 4.51. The predicted molar refractivity (Wildman–Crippen MR) is 82.5 cm³/mol. The number of hydrogen-bond acceptors (Lipinski definition) is 2. The zero-order valence-corrected chi connectivity index (χ0v) is 13.2. The van der Waals surface area contributed by atoms with Gasteiger partial charge in [-0.1, -0.05) is 39.7 Å². The molecule has 0 radical (unpaired) electrons. The Kier molecular flexibility index (Phi) is 5.02. The fourth-order valence-electron chi connectivity index (χ4n) is 1.80. The van der Waals surface area contributed by atoms with E-state index in [1.165, 1.54) is 6.07 Å². The molecule has 2 rings (SSSR count). The molecular weight excluding hydrogens is 345 g/mol. The Morgan fingerprint density at radius 2 is 2.05 bits per heavy atom. The van der Waals surface area contributed by atoms with Crippen LogP contribution in [0.1, 0.15) is 24.1 Å². The molecule has 1 unspecified atom stereocenters. The average molecular weight is 359 g/mol. The summed E-state index contributed by atoms with van der Waals surface area (Å²) >= 11 is 9.15. The van der Waals surface area contributed by atoms with Crippen molar-refractivity contribution in [2.75, 3.05) is 0 Å². The lowest BCUT2D eigenvalue weighted by molar-refractivity contribution is 0.301. The first-order chi connectivity index (χ1) is 9.47. The summed E-state index contributed by atoms with van der Waals surface area (Å²) in [6.45, 7) is 2.20. The molecule has 0 fully saturated rings. The van der Waals surface area contributed by atoms with Gasteiger partial charge in [-0.05, 0) is 36.8 Å². The molecule has 0 bridgehead atoms. The van der Waals surface area contributed by atoms with Gasteiger partial charge >= 0.3 is 0 Å². The van der Waals surface area contributed by atoms with Gasteiger partial charge in [0.2, 0.25) is 0 Å². The van der Waals surface area contributed by atoms with Gasteiger partial charge in [-0.3, -0.25) is 0 Å². The van der Waals surface area contributed by atoms with Crippen LogP contribution >= 0.6 is 27.5 Å². The standard InChI is InChI=1S/C15H14BrClFNO/c1-9(19)12-4-3-11(16)7-15(12)20-8-10-2-5-14(18)13(17)6-10/h2-7,9H,8,19H2,1H3. The summed E-state index contributed by atoms with van der Waals surface area (Å²) in [5.74, 6) is 0.268. The molecule has 0 amide bonds. The maximum atomic E-state index is 13.1. The van der Waals surface area contributed by atoms with E-state index in [-0.39, 0.29) is 11.1 Å². The molecule has 0 spiro atoms. The van der Waals surface area contributed by atoms with Gasteiger partial charge in [0.1, 0.15) is 18.2 Å². The van der Waals surface area contributed by atoms with Crippen molar-refractivity contribution in [3.8, 4) is 5.75 Å². The van der Waals surface area contributed by atoms with Gasteiger partial charge in [-0.25, -0.2) is 4.39 Å². The maximum absolute atomic E-state index is 13.1. The van der Waals surface area contributed by atoms with Crippen LogP contribution in [0.3, 0.4) is 0 Å². The number of benzene rings is 2. The molecule has 5 heteroatoms. The molecule has 0 aliphatic rings. The van der Waals surface area contributed by atoms with Gasteiger partial charge < -0.3 is 10.5 Å². The van der Waals surface area contributed by atoms with Crippen LogP contribution in [-0.2, 0) is 6.61 Å². The summed E-state index contributed by atoms with van der Waals surface area (Å²) in [6.07, 6.45) is 0. The highest BCUT2D eigenvalue weighted by molar-refractivity contribution is 9.10. The van der Waals surface area contributed by atoms with Crippen molar-refractivity contribution in [3.05, 3.63) is 62.8 Å². The van der Waals surface area contributed by atoms with Crippen LogP contribution in [0.15, 0.2) is 40.9 Å². The SMILES string of the molecule is CC(N)c1ccc(Br)cc1OCc1ccc(F)c(Cl)c1. The van der Waals surface area contributed by atoms with Crippen molar-refractivity contribution < 1.29 is 9.13 Å². The van der Waals surface area contributed by atoms with Crippen LogP contribution in [-0.4, -0.2) is 0 Å². The molecule has 2 aromatic rings. The van der Waals surface area contributed by atoms with Gasteiger partial charge in [0.25, 0.3) is 0 Å². The van der Waals surface area contributed by atoms with Crippen molar-refractivity contribution in [1.82, 2.24) is 0 Å². The summed E-state index contributed by atoms with van der Waals surface area (Å²) in [5.41, 5.74) is 7.63. The molecule has 2 aromatic carbocycles. The quantitative estimate of drug-likeness (QED) is 0.848. The van der Waals surface area contributed by atoms with Crippen LogP contribution in [0.25, 0.3) is 0 Å². The number of hydrogen-bond donors (Lipinski definition) is 1. The fourth-order valence-corrected chi connectivity index (χ4v) is 2.34. The highest BCUT2D eigenvalue weighted by Gasteiger charge is 2.09. The molecule has 0 aliphatic heterocycles. The van der Waals surface area contributed by atoms with E-state index in [2.05, 4.69) is 15.9 Å². The van der Waals surface area contributed by atoms with E-state index in [4.69, 9.17) is 22.1 Å². The third-order valence-corrected chi connectivity index (χ3v) is 3.63. The van der Waals surface area contributed by atoms with E-state index in [9.17, 15) is 4.39 Å². The minimum absolute atomic E-state index is 0.0905. The zero-order chi connectivity index (χ0) is 14.7. The number of halogens is 3. The third-order valence-electron chi connectivity index (χ3n) is 2.84. The molecule has 0 aromatic heterocycles. The molecule has 2 N–H and O–H groups in total. The van der Waals surface area contributed by atoms with Crippen molar-refractivity contribution >= 4 is 27.5 Å². The molecule has 0 saturated heterocycles. The van der Waals surface area contributed by atoms with E-state index < -0.39 is 5.82 Å². The lowest BCUT2D eigenvalue weighted by Crippen LogP contribution is -2.08. The van der Waals surface area contributed by atoms with Gasteiger partial charge in [0.05, 0.1) is 5.02 Å². The smallest absolute Gasteiger partial charge is 0.141 e. The van der Waals surface area contributed by atoms with Gasteiger partial charge in [-0.15, -0.1) is 0 Å². The number of ether oxygens (including phenoxy) is 1. The molecule has 1 atom stereocenters. The largest absolute Gasteiger partial charge is 0.489 e. The Labute approximate surface area is 130 Å². The van der Waals surface area contributed by atoms with Gasteiger partial charge in [0.15, 0.2) is 0 Å². The molecule has 0 aliphatic carbocycles. The van der Waals surface area contributed by atoms with E-state index in [0.29, 0.717) is 12.4 Å². The van der Waals surface area contributed by atoms with E-state index in [1.54, 1.807) is 12.1 Å².